The van der Waals surface area contributed by atoms with Crippen LogP contribution in [0.4, 0.5) is 4.79 Å². The summed E-state index contributed by atoms with van der Waals surface area (Å²) in [6, 6.07) is 9.48. The number of aromatic nitrogens is 2. The van der Waals surface area contributed by atoms with Gasteiger partial charge in [0.1, 0.15) is 11.4 Å². The van der Waals surface area contributed by atoms with Crippen LogP contribution in [0.15, 0.2) is 35.7 Å². The molecule has 2 aromatic heterocycles. The first-order valence-electron chi connectivity index (χ1n) is 6.06. The van der Waals surface area contributed by atoms with E-state index in [1.807, 2.05) is 35.7 Å². The van der Waals surface area contributed by atoms with E-state index >= 15 is 0 Å². The molecule has 2 N–H and O–H groups in total. The lowest BCUT2D eigenvalue weighted by Gasteiger charge is -2.06. The van der Waals surface area contributed by atoms with Crippen molar-refractivity contribution in [3.63, 3.8) is 0 Å². The maximum Gasteiger partial charge on any atom is 0.404 e. The van der Waals surface area contributed by atoms with Gasteiger partial charge in [-0.05, 0) is 34.7 Å². The molecule has 0 atom stereocenters. The smallest absolute Gasteiger partial charge is 0.404 e. The van der Waals surface area contributed by atoms with Crippen LogP contribution in [-0.2, 0) is 11.3 Å². The Hall–Kier alpha value is -2.18. The predicted octanol–water partition coefficient (Wildman–Crippen LogP) is 3.61. The summed E-state index contributed by atoms with van der Waals surface area (Å²) in [7, 11) is 0. The fraction of sp³-hybridized carbons (Fsp3) is 0.0714. The molecule has 0 unspecified atom stereocenters. The molecule has 106 valence electrons. The summed E-state index contributed by atoms with van der Waals surface area (Å²) in [5.41, 5.74) is 7.43. The van der Waals surface area contributed by atoms with Gasteiger partial charge in [-0.25, -0.2) is 14.8 Å². The lowest BCUT2D eigenvalue weighted by Crippen LogP contribution is -2.12. The molecule has 3 rings (SSSR count). The van der Waals surface area contributed by atoms with Crippen molar-refractivity contribution in [2.24, 2.45) is 5.73 Å². The largest absolute Gasteiger partial charge is 0.445 e. The Bertz CT molecular complexity index is 819. The maximum absolute atomic E-state index is 10.7. The molecular formula is C14H10ClN3O2S. The third kappa shape index (κ3) is 2.96. The molecule has 0 aliphatic heterocycles. The van der Waals surface area contributed by atoms with Gasteiger partial charge >= 0.3 is 6.09 Å². The van der Waals surface area contributed by atoms with Crippen molar-refractivity contribution in [1.82, 2.24) is 9.97 Å². The number of nitrogens with two attached hydrogens (primary N) is 1. The number of thiophene rings is 1. The number of fused-ring (bicyclic) bond motifs is 1. The van der Waals surface area contributed by atoms with E-state index in [1.54, 1.807) is 0 Å². The molecular weight excluding hydrogens is 310 g/mol. The number of benzene rings is 1. The van der Waals surface area contributed by atoms with Gasteiger partial charge in [-0.3, -0.25) is 0 Å². The Morgan fingerprint density at radius 2 is 2.19 bits per heavy atom. The van der Waals surface area contributed by atoms with Crippen LogP contribution in [-0.4, -0.2) is 16.1 Å². The minimum Gasteiger partial charge on any atom is -0.445 e. The predicted molar refractivity (Wildman–Crippen MR) is 82.2 cm³/mol. The van der Waals surface area contributed by atoms with Gasteiger partial charge in [0.2, 0.25) is 5.28 Å². The van der Waals surface area contributed by atoms with E-state index in [2.05, 4.69) is 9.97 Å². The van der Waals surface area contributed by atoms with E-state index in [4.69, 9.17) is 22.1 Å². The summed E-state index contributed by atoms with van der Waals surface area (Å²) in [5, 5.41) is 3.09. The van der Waals surface area contributed by atoms with E-state index in [0.717, 1.165) is 27.0 Å². The summed E-state index contributed by atoms with van der Waals surface area (Å²) in [6.45, 7) is 0.120. The lowest BCUT2D eigenvalue weighted by molar-refractivity contribution is 0.150. The number of hydrogen-bond acceptors (Lipinski definition) is 5. The van der Waals surface area contributed by atoms with Crippen LogP contribution in [0.3, 0.4) is 0 Å². The Balaban J connectivity index is 2.04. The summed E-state index contributed by atoms with van der Waals surface area (Å²) in [4.78, 5) is 20.0. The van der Waals surface area contributed by atoms with Crippen molar-refractivity contribution < 1.29 is 9.53 Å². The summed E-state index contributed by atoms with van der Waals surface area (Å²) >= 11 is 7.48. The second-order valence-electron chi connectivity index (χ2n) is 4.29. The highest BCUT2D eigenvalue weighted by molar-refractivity contribution is 7.16. The molecule has 0 bridgehead atoms. The molecule has 0 saturated heterocycles. The van der Waals surface area contributed by atoms with E-state index < -0.39 is 6.09 Å². The maximum atomic E-state index is 10.7. The average molecular weight is 320 g/mol. The molecule has 0 spiro atoms. The first kappa shape index (κ1) is 13.8. The lowest BCUT2D eigenvalue weighted by atomic mass is 10.1. The molecule has 0 aliphatic rings. The van der Waals surface area contributed by atoms with Crippen molar-refractivity contribution in [1.29, 1.82) is 0 Å². The zero-order chi connectivity index (χ0) is 14.8. The first-order chi connectivity index (χ1) is 10.1. The van der Waals surface area contributed by atoms with Crippen LogP contribution < -0.4 is 5.73 Å². The average Bonchev–Trinajstić information content (AvgIpc) is 2.92. The Morgan fingerprint density at radius 3 is 3.00 bits per heavy atom. The molecule has 5 nitrogen and oxygen atoms in total. The fourth-order valence-corrected chi connectivity index (χ4v) is 3.00. The second kappa shape index (κ2) is 5.67. The van der Waals surface area contributed by atoms with E-state index in [9.17, 15) is 4.79 Å². The first-order valence-corrected chi connectivity index (χ1v) is 7.31. The monoisotopic (exact) mass is 319 g/mol. The van der Waals surface area contributed by atoms with Crippen molar-refractivity contribution >= 4 is 39.2 Å². The molecule has 2 heterocycles. The van der Waals surface area contributed by atoms with Gasteiger partial charge in [-0.1, -0.05) is 18.2 Å². The van der Waals surface area contributed by atoms with Gasteiger partial charge in [0, 0.05) is 10.9 Å². The molecule has 0 radical (unpaired) electrons. The third-order valence-corrected chi connectivity index (χ3v) is 3.85. The molecule has 1 aromatic carbocycles. The molecule has 0 saturated carbocycles. The van der Waals surface area contributed by atoms with Gasteiger partial charge < -0.3 is 10.5 Å². The number of amides is 1. The number of hydrogen-bond donors (Lipinski definition) is 1. The van der Waals surface area contributed by atoms with Crippen molar-refractivity contribution in [3.05, 3.63) is 46.6 Å². The number of nitrogens with zero attached hydrogens (tertiary/aromatic N) is 2. The highest BCUT2D eigenvalue weighted by atomic mass is 35.5. The van der Waals surface area contributed by atoms with E-state index in [0.29, 0.717) is 0 Å². The van der Waals surface area contributed by atoms with Gasteiger partial charge in [0.15, 0.2) is 0 Å². The molecule has 0 aliphatic carbocycles. The third-order valence-electron chi connectivity index (χ3n) is 2.88. The fourth-order valence-electron chi connectivity index (χ4n) is 2.01. The number of halogens is 1. The van der Waals surface area contributed by atoms with E-state index in [1.165, 1.54) is 11.3 Å². The van der Waals surface area contributed by atoms with Crippen LogP contribution in [0, 0.1) is 0 Å². The van der Waals surface area contributed by atoms with Crippen molar-refractivity contribution in [3.8, 4) is 11.3 Å². The molecule has 1 amide bonds. The Kier molecular flexibility index (Phi) is 3.72. The Labute approximate surface area is 129 Å². The second-order valence-corrected chi connectivity index (χ2v) is 5.52. The van der Waals surface area contributed by atoms with Crippen LogP contribution in [0.25, 0.3) is 21.5 Å². The zero-order valence-corrected chi connectivity index (χ0v) is 12.3. The minimum atomic E-state index is -0.800. The number of primary amides is 1. The number of ether oxygens (including phenoxy) is 1. The molecule has 3 aromatic rings. The molecule has 0 fully saturated rings. The van der Waals surface area contributed by atoms with Gasteiger partial charge in [0.05, 0.1) is 5.69 Å². The van der Waals surface area contributed by atoms with Gasteiger partial charge in [-0.2, -0.15) is 0 Å². The molecule has 21 heavy (non-hydrogen) atoms. The van der Waals surface area contributed by atoms with Crippen LogP contribution in [0.2, 0.25) is 5.28 Å². The summed E-state index contributed by atoms with van der Waals surface area (Å²) in [5.74, 6) is 0. The zero-order valence-electron chi connectivity index (χ0n) is 10.7. The van der Waals surface area contributed by atoms with Gasteiger partial charge in [0.25, 0.3) is 0 Å². The quantitative estimate of drug-likeness (QED) is 0.748. The number of rotatable bonds is 3. The minimum absolute atomic E-state index is 0.120. The highest BCUT2D eigenvalue weighted by Gasteiger charge is 2.10. The number of carbonyl (C=O) groups is 1. The summed E-state index contributed by atoms with van der Waals surface area (Å²) in [6.07, 6.45) is -0.800. The van der Waals surface area contributed by atoms with Crippen molar-refractivity contribution in [2.75, 3.05) is 0 Å². The topological polar surface area (TPSA) is 78.1 Å². The number of carbonyl (C=O) groups excluding carboxylic acids is 1. The van der Waals surface area contributed by atoms with Gasteiger partial charge in [-0.15, -0.1) is 11.3 Å². The summed E-state index contributed by atoms with van der Waals surface area (Å²) < 4.78 is 4.80. The SMILES string of the molecule is NC(=O)OCc1cccc(-c2nc(Cl)nc3sccc23)c1. The highest BCUT2D eigenvalue weighted by Crippen LogP contribution is 2.30. The van der Waals surface area contributed by atoms with Crippen LogP contribution in [0.5, 0.6) is 0 Å². The molecule has 7 heteroatoms. The van der Waals surface area contributed by atoms with Crippen LogP contribution in [0.1, 0.15) is 5.56 Å². The normalized spacial score (nSPS) is 10.7. The van der Waals surface area contributed by atoms with Crippen LogP contribution >= 0.6 is 22.9 Å². The Morgan fingerprint density at radius 1 is 1.33 bits per heavy atom. The standard InChI is InChI=1S/C14H10ClN3O2S/c15-13-17-11(10-4-5-21-12(10)18-13)9-3-1-2-8(6-9)7-20-14(16)19/h1-6H,7H2,(H2,16,19). The van der Waals surface area contributed by atoms with Crippen molar-refractivity contribution in [2.45, 2.75) is 6.61 Å². The van der Waals surface area contributed by atoms with E-state index in [-0.39, 0.29) is 11.9 Å².